The van der Waals surface area contributed by atoms with Crippen LogP contribution in [0.15, 0.2) is 52.7 Å². The Kier molecular flexibility index (Phi) is 7.08. The molecule has 1 amide bonds. The molecule has 1 aliphatic rings. The molecule has 1 fully saturated rings. The molecule has 2 aromatic heterocycles. The number of carbonyl (C=O) groups excluding carboxylic acids is 1. The van der Waals surface area contributed by atoms with Gasteiger partial charge in [0, 0.05) is 25.0 Å². The highest BCUT2D eigenvalue weighted by Crippen LogP contribution is 2.33. The van der Waals surface area contributed by atoms with Gasteiger partial charge < -0.3 is 5.32 Å². The third-order valence-corrected chi connectivity index (χ3v) is 9.42. The van der Waals surface area contributed by atoms with Gasteiger partial charge in [0.2, 0.25) is 15.9 Å². The van der Waals surface area contributed by atoms with Gasteiger partial charge in [-0.3, -0.25) is 4.79 Å². The van der Waals surface area contributed by atoms with E-state index in [0.717, 1.165) is 28.4 Å². The second kappa shape index (κ2) is 9.79. The fraction of sp³-hybridized carbons (Fsp3) is 0.333. The van der Waals surface area contributed by atoms with E-state index in [4.69, 9.17) is 11.6 Å². The van der Waals surface area contributed by atoms with E-state index in [2.05, 4.69) is 10.3 Å². The van der Waals surface area contributed by atoms with Crippen LogP contribution in [0.1, 0.15) is 18.5 Å². The number of hydrogen-bond acceptors (Lipinski definition) is 6. The second-order valence-electron chi connectivity index (χ2n) is 7.39. The summed E-state index contributed by atoms with van der Waals surface area (Å²) in [6, 6.07) is 12.3. The number of rotatable bonds is 7. The molecule has 6 nitrogen and oxygen atoms in total. The number of nitrogens with one attached hydrogen (secondary N) is 1. The van der Waals surface area contributed by atoms with E-state index in [1.165, 1.54) is 27.0 Å². The van der Waals surface area contributed by atoms with E-state index in [1.54, 1.807) is 30.3 Å². The molecule has 0 unspecified atom stereocenters. The van der Waals surface area contributed by atoms with Crippen molar-refractivity contribution < 1.29 is 13.2 Å². The van der Waals surface area contributed by atoms with E-state index >= 15 is 0 Å². The quantitative estimate of drug-likeness (QED) is 0.530. The summed E-state index contributed by atoms with van der Waals surface area (Å²) in [5, 5.41) is 5.74. The summed E-state index contributed by atoms with van der Waals surface area (Å²) in [7, 11) is -3.45. The van der Waals surface area contributed by atoms with Crippen LogP contribution in [-0.2, 0) is 21.2 Å². The van der Waals surface area contributed by atoms with Crippen LogP contribution >= 0.6 is 34.3 Å². The van der Waals surface area contributed by atoms with Crippen LogP contribution in [0.2, 0.25) is 4.34 Å². The van der Waals surface area contributed by atoms with Gasteiger partial charge in [-0.25, -0.2) is 13.4 Å². The maximum atomic E-state index is 12.7. The molecule has 10 heteroatoms. The van der Waals surface area contributed by atoms with Crippen molar-refractivity contribution in [1.29, 1.82) is 0 Å². The lowest BCUT2D eigenvalue weighted by Gasteiger charge is -2.31. The average Bonchev–Trinajstić information content (AvgIpc) is 3.42. The first-order chi connectivity index (χ1) is 14.9. The number of benzene rings is 1. The van der Waals surface area contributed by atoms with Crippen molar-refractivity contribution in [1.82, 2.24) is 14.6 Å². The molecule has 1 aromatic carbocycles. The minimum atomic E-state index is -3.45. The number of amides is 1. The largest absolute Gasteiger partial charge is 0.355 e. The summed E-state index contributed by atoms with van der Waals surface area (Å²) >= 11 is 8.95. The van der Waals surface area contributed by atoms with Gasteiger partial charge in [0.05, 0.1) is 26.2 Å². The summed E-state index contributed by atoms with van der Waals surface area (Å²) < 4.78 is 27.7. The highest BCUT2D eigenvalue weighted by molar-refractivity contribution is 7.89. The van der Waals surface area contributed by atoms with Crippen LogP contribution in [0.25, 0.3) is 9.88 Å². The highest BCUT2D eigenvalue weighted by atomic mass is 35.5. The van der Waals surface area contributed by atoms with Crippen LogP contribution in [-0.4, -0.2) is 43.2 Å². The SMILES string of the molecule is O=C(Cc1csc(-c2ccc(Cl)s2)n1)NCC1CCN(S(=O)(=O)c2ccccc2)CC1. The minimum absolute atomic E-state index is 0.0691. The molecule has 3 heterocycles. The zero-order chi connectivity index (χ0) is 21.8. The van der Waals surface area contributed by atoms with E-state index < -0.39 is 10.0 Å². The molecule has 0 radical (unpaired) electrons. The monoisotopic (exact) mass is 495 g/mol. The van der Waals surface area contributed by atoms with Gasteiger partial charge in [0.1, 0.15) is 5.01 Å². The zero-order valence-corrected chi connectivity index (χ0v) is 19.9. The molecule has 0 spiro atoms. The number of hydrogen-bond donors (Lipinski definition) is 1. The highest BCUT2D eigenvalue weighted by Gasteiger charge is 2.29. The molecule has 0 atom stereocenters. The Hall–Kier alpha value is -1.78. The predicted octanol–water partition coefficient (Wildman–Crippen LogP) is 4.28. The second-order valence-corrected chi connectivity index (χ2v) is 11.9. The fourth-order valence-electron chi connectivity index (χ4n) is 3.51. The molecule has 164 valence electrons. The number of halogens is 1. The Bertz CT molecular complexity index is 1140. The molecule has 1 saturated heterocycles. The third kappa shape index (κ3) is 5.53. The Morgan fingerprint density at radius 2 is 1.90 bits per heavy atom. The van der Waals surface area contributed by atoms with Crippen molar-refractivity contribution in [2.75, 3.05) is 19.6 Å². The number of piperidine rings is 1. The molecule has 0 bridgehead atoms. The number of thiazole rings is 1. The van der Waals surface area contributed by atoms with Crippen LogP contribution < -0.4 is 5.32 Å². The molecule has 4 rings (SSSR count). The van der Waals surface area contributed by atoms with E-state index in [0.29, 0.717) is 28.9 Å². The van der Waals surface area contributed by atoms with Crippen molar-refractivity contribution in [2.45, 2.75) is 24.2 Å². The van der Waals surface area contributed by atoms with Gasteiger partial charge in [-0.05, 0) is 43.0 Å². The van der Waals surface area contributed by atoms with E-state index in [-0.39, 0.29) is 18.2 Å². The molecule has 0 aliphatic carbocycles. The lowest BCUT2D eigenvalue weighted by Crippen LogP contribution is -2.41. The summed E-state index contributed by atoms with van der Waals surface area (Å²) in [4.78, 5) is 18.2. The maximum Gasteiger partial charge on any atom is 0.243 e. The number of aromatic nitrogens is 1. The topological polar surface area (TPSA) is 79.4 Å². The van der Waals surface area contributed by atoms with Gasteiger partial charge in [0.15, 0.2) is 0 Å². The zero-order valence-electron chi connectivity index (χ0n) is 16.7. The predicted molar refractivity (Wildman–Crippen MR) is 125 cm³/mol. The molecule has 0 saturated carbocycles. The first-order valence-electron chi connectivity index (χ1n) is 9.94. The van der Waals surface area contributed by atoms with Gasteiger partial charge in [0.25, 0.3) is 0 Å². The van der Waals surface area contributed by atoms with Crippen molar-refractivity contribution in [3.8, 4) is 9.88 Å². The maximum absolute atomic E-state index is 12.7. The lowest BCUT2D eigenvalue weighted by molar-refractivity contribution is -0.120. The van der Waals surface area contributed by atoms with Crippen LogP contribution in [0.4, 0.5) is 0 Å². The van der Waals surface area contributed by atoms with Crippen LogP contribution in [0.3, 0.4) is 0 Å². The third-order valence-electron chi connectivity index (χ3n) is 5.22. The van der Waals surface area contributed by atoms with E-state index in [1.807, 2.05) is 17.5 Å². The first-order valence-corrected chi connectivity index (χ1v) is 13.5. The van der Waals surface area contributed by atoms with Gasteiger partial charge >= 0.3 is 0 Å². The minimum Gasteiger partial charge on any atom is -0.355 e. The van der Waals surface area contributed by atoms with Crippen molar-refractivity contribution in [2.24, 2.45) is 5.92 Å². The van der Waals surface area contributed by atoms with Crippen molar-refractivity contribution >= 4 is 50.2 Å². The van der Waals surface area contributed by atoms with Crippen LogP contribution in [0, 0.1) is 5.92 Å². The van der Waals surface area contributed by atoms with Crippen molar-refractivity contribution in [3.05, 3.63) is 57.9 Å². The Labute approximate surface area is 194 Å². The van der Waals surface area contributed by atoms with Gasteiger partial charge in [-0.1, -0.05) is 29.8 Å². The molecular weight excluding hydrogens is 474 g/mol. The molecule has 3 aromatic rings. The molecule has 1 N–H and O–H groups in total. The lowest BCUT2D eigenvalue weighted by atomic mass is 9.98. The van der Waals surface area contributed by atoms with Gasteiger partial charge in [-0.15, -0.1) is 22.7 Å². The number of carbonyl (C=O) groups is 1. The summed E-state index contributed by atoms with van der Waals surface area (Å²) in [5.74, 6) is 0.200. The fourth-order valence-corrected chi connectivity index (χ4v) is 6.94. The number of thiophene rings is 1. The Balaban J connectivity index is 1.24. The smallest absolute Gasteiger partial charge is 0.243 e. The standard InChI is InChI=1S/C21H22ClN3O3S3/c22-19-7-6-18(30-19)21-24-16(14-29-21)12-20(26)23-13-15-8-10-25(11-9-15)31(27,28)17-4-2-1-3-5-17/h1-7,14-15H,8-13H2,(H,23,26). The van der Waals surface area contributed by atoms with Crippen molar-refractivity contribution in [3.63, 3.8) is 0 Å². The number of sulfonamides is 1. The molecule has 1 aliphatic heterocycles. The normalized spacial score (nSPS) is 15.8. The first kappa shape index (κ1) is 22.4. The Morgan fingerprint density at radius 3 is 2.58 bits per heavy atom. The van der Waals surface area contributed by atoms with Gasteiger partial charge in [-0.2, -0.15) is 4.31 Å². The Morgan fingerprint density at radius 1 is 1.16 bits per heavy atom. The molecule has 31 heavy (non-hydrogen) atoms. The summed E-state index contributed by atoms with van der Waals surface area (Å²) in [6.45, 7) is 1.49. The summed E-state index contributed by atoms with van der Waals surface area (Å²) in [5.41, 5.74) is 0.741. The molecular formula is C21H22ClN3O3S3. The average molecular weight is 496 g/mol. The number of nitrogens with zero attached hydrogens (tertiary/aromatic N) is 2. The van der Waals surface area contributed by atoms with E-state index in [9.17, 15) is 13.2 Å². The van der Waals surface area contributed by atoms with Crippen LogP contribution in [0.5, 0.6) is 0 Å². The summed E-state index contributed by atoms with van der Waals surface area (Å²) in [6.07, 6.45) is 1.69.